The maximum Gasteiger partial charge on any atom is 0.104 e. The summed E-state index contributed by atoms with van der Waals surface area (Å²) < 4.78 is 1.00. The summed E-state index contributed by atoms with van der Waals surface area (Å²) in [6.45, 7) is 10.2. The molecule has 1 nitrogen and oxygen atoms in total. The van der Waals surface area contributed by atoms with E-state index in [2.05, 4.69) is 51.5 Å². The minimum Gasteiger partial charge on any atom is -0.325 e. The standard InChI is InChI=1S/C17H26N/c1-5-6-7-11-14-18(3,4)15-16(2)17-12-9-8-10-13-17/h5,8-10,12-13H,1-2,6-7,11,14-15H2,3-4H3/q+1. The van der Waals surface area contributed by atoms with Crippen LogP contribution in [-0.2, 0) is 0 Å². The molecule has 0 spiro atoms. The largest absolute Gasteiger partial charge is 0.325 e. The van der Waals surface area contributed by atoms with Crippen LogP contribution in [0.5, 0.6) is 0 Å². The molecular formula is C17H26N+. The summed E-state index contributed by atoms with van der Waals surface area (Å²) in [7, 11) is 4.56. The van der Waals surface area contributed by atoms with E-state index in [0.29, 0.717) is 0 Å². The van der Waals surface area contributed by atoms with Crippen LogP contribution in [0.15, 0.2) is 49.6 Å². The Morgan fingerprint density at radius 2 is 1.83 bits per heavy atom. The summed E-state index contributed by atoms with van der Waals surface area (Å²) in [6.07, 6.45) is 5.62. The Morgan fingerprint density at radius 3 is 2.44 bits per heavy atom. The summed E-state index contributed by atoms with van der Waals surface area (Å²) in [5, 5.41) is 0. The van der Waals surface area contributed by atoms with Gasteiger partial charge in [0.1, 0.15) is 6.54 Å². The third-order valence-corrected chi connectivity index (χ3v) is 3.22. The van der Waals surface area contributed by atoms with E-state index in [4.69, 9.17) is 0 Å². The second-order valence-corrected chi connectivity index (χ2v) is 5.57. The number of likely N-dealkylation sites (N-methyl/N-ethyl adjacent to an activating group) is 1. The van der Waals surface area contributed by atoms with E-state index in [9.17, 15) is 0 Å². The van der Waals surface area contributed by atoms with E-state index < -0.39 is 0 Å². The highest BCUT2D eigenvalue weighted by Crippen LogP contribution is 2.16. The van der Waals surface area contributed by atoms with E-state index in [1.807, 2.05) is 12.1 Å². The number of hydrogen-bond acceptors (Lipinski definition) is 0. The number of unbranched alkanes of at least 4 members (excludes halogenated alkanes) is 2. The van der Waals surface area contributed by atoms with Crippen LogP contribution in [0, 0.1) is 0 Å². The highest BCUT2D eigenvalue weighted by molar-refractivity contribution is 5.63. The molecule has 0 heterocycles. The van der Waals surface area contributed by atoms with Crippen molar-refractivity contribution in [1.82, 2.24) is 0 Å². The van der Waals surface area contributed by atoms with Gasteiger partial charge < -0.3 is 4.48 Å². The van der Waals surface area contributed by atoms with Crippen LogP contribution < -0.4 is 0 Å². The molecule has 0 N–H and O–H groups in total. The normalized spacial score (nSPS) is 11.2. The van der Waals surface area contributed by atoms with Crippen molar-refractivity contribution in [3.8, 4) is 0 Å². The Bertz CT molecular complexity index is 376. The topological polar surface area (TPSA) is 0 Å². The summed E-state index contributed by atoms with van der Waals surface area (Å²) in [5.74, 6) is 0. The molecule has 1 aromatic carbocycles. The van der Waals surface area contributed by atoms with Crippen LogP contribution in [0.25, 0.3) is 5.57 Å². The molecular weight excluding hydrogens is 218 g/mol. The van der Waals surface area contributed by atoms with Gasteiger partial charge in [0.05, 0.1) is 20.6 Å². The highest BCUT2D eigenvalue weighted by atomic mass is 15.3. The zero-order chi connectivity index (χ0) is 13.4. The fourth-order valence-electron chi connectivity index (χ4n) is 2.19. The lowest BCUT2D eigenvalue weighted by Gasteiger charge is -2.30. The van der Waals surface area contributed by atoms with Crippen molar-refractivity contribution in [2.75, 3.05) is 27.2 Å². The van der Waals surface area contributed by atoms with Gasteiger partial charge in [-0.2, -0.15) is 0 Å². The Hall–Kier alpha value is -1.34. The fraction of sp³-hybridized carbons (Fsp3) is 0.412. The van der Waals surface area contributed by atoms with Gasteiger partial charge in [-0.3, -0.25) is 0 Å². The van der Waals surface area contributed by atoms with Crippen LogP contribution in [0.2, 0.25) is 0 Å². The maximum absolute atomic E-state index is 4.22. The van der Waals surface area contributed by atoms with Crippen LogP contribution in [0.4, 0.5) is 0 Å². The molecule has 0 radical (unpaired) electrons. The van der Waals surface area contributed by atoms with Crippen LogP contribution >= 0.6 is 0 Å². The van der Waals surface area contributed by atoms with Gasteiger partial charge in [-0.25, -0.2) is 0 Å². The number of nitrogens with zero attached hydrogens (tertiary/aromatic N) is 1. The van der Waals surface area contributed by atoms with Crippen molar-refractivity contribution in [2.24, 2.45) is 0 Å². The molecule has 0 unspecified atom stereocenters. The van der Waals surface area contributed by atoms with Crippen molar-refractivity contribution < 1.29 is 4.48 Å². The van der Waals surface area contributed by atoms with E-state index >= 15 is 0 Å². The van der Waals surface area contributed by atoms with Crippen molar-refractivity contribution in [3.05, 3.63) is 55.1 Å². The fourth-order valence-corrected chi connectivity index (χ4v) is 2.19. The maximum atomic E-state index is 4.22. The van der Waals surface area contributed by atoms with Gasteiger partial charge in [-0.1, -0.05) is 43.0 Å². The molecule has 0 atom stereocenters. The molecule has 98 valence electrons. The van der Waals surface area contributed by atoms with Gasteiger partial charge in [0.2, 0.25) is 0 Å². The molecule has 0 fully saturated rings. The lowest BCUT2D eigenvalue weighted by Crippen LogP contribution is -2.41. The Morgan fingerprint density at radius 1 is 1.17 bits per heavy atom. The molecule has 0 saturated heterocycles. The molecule has 0 amide bonds. The first-order valence-corrected chi connectivity index (χ1v) is 6.71. The second kappa shape index (κ2) is 7.17. The number of allylic oxidation sites excluding steroid dienone is 1. The quantitative estimate of drug-likeness (QED) is 0.366. The smallest absolute Gasteiger partial charge is 0.104 e. The molecule has 0 aliphatic carbocycles. The molecule has 1 heteroatoms. The predicted octanol–water partition coefficient (Wildman–Crippen LogP) is 4.13. The van der Waals surface area contributed by atoms with Gasteiger partial charge in [-0.05, 0) is 24.8 Å². The van der Waals surface area contributed by atoms with Crippen LogP contribution in [0.1, 0.15) is 24.8 Å². The second-order valence-electron chi connectivity index (χ2n) is 5.57. The van der Waals surface area contributed by atoms with E-state index in [0.717, 1.165) is 17.4 Å². The first kappa shape index (κ1) is 14.7. The monoisotopic (exact) mass is 244 g/mol. The summed E-state index contributed by atoms with van der Waals surface area (Å²) >= 11 is 0. The summed E-state index contributed by atoms with van der Waals surface area (Å²) in [5.41, 5.74) is 2.49. The minimum absolute atomic E-state index is 1.00. The first-order chi connectivity index (χ1) is 8.55. The average molecular weight is 244 g/mol. The molecule has 0 bridgehead atoms. The van der Waals surface area contributed by atoms with Gasteiger partial charge >= 0.3 is 0 Å². The lowest BCUT2D eigenvalue weighted by atomic mass is 10.1. The van der Waals surface area contributed by atoms with Crippen molar-refractivity contribution in [3.63, 3.8) is 0 Å². The Labute approximate surface area is 112 Å². The molecule has 0 aliphatic heterocycles. The minimum atomic E-state index is 1.00. The molecule has 0 saturated carbocycles. The molecule has 18 heavy (non-hydrogen) atoms. The molecule has 0 aliphatic rings. The van der Waals surface area contributed by atoms with Crippen LogP contribution in [-0.4, -0.2) is 31.7 Å². The van der Waals surface area contributed by atoms with Gasteiger partial charge in [0.15, 0.2) is 0 Å². The zero-order valence-electron chi connectivity index (χ0n) is 11.9. The molecule has 1 aromatic rings. The summed E-state index contributed by atoms with van der Waals surface area (Å²) in [4.78, 5) is 0. The van der Waals surface area contributed by atoms with E-state index in [1.165, 1.54) is 30.5 Å². The number of rotatable bonds is 8. The zero-order valence-corrected chi connectivity index (χ0v) is 11.9. The molecule has 1 rings (SSSR count). The highest BCUT2D eigenvalue weighted by Gasteiger charge is 2.16. The lowest BCUT2D eigenvalue weighted by molar-refractivity contribution is -0.883. The molecule has 0 aromatic heterocycles. The van der Waals surface area contributed by atoms with Crippen molar-refractivity contribution >= 4 is 5.57 Å². The van der Waals surface area contributed by atoms with Gasteiger partial charge in [-0.15, -0.1) is 6.58 Å². The number of benzene rings is 1. The third-order valence-electron chi connectivity index (χ3n) is 3.22. The average Bonchev–Trinajstić information content (AvgIpc) is 2.35. The number of quaternary nitrogens is 1. The van der Waals surface area contributed by atoms with Crippen molar-refractivity contribution in [2.45, 2.75) is 19.3 Å². The van der Waals surface area contributed by atoms with E-state index in [1.54, 1.807) is 0 Å². The van der Waals surface area contributed by atoms with Crippen LogP contribution in [0.3, 0.4) is 0 Å². The first-order valence-electron chi connectivity index (χ1n) is 6.71. The van der Waals surface area contributed by atoms with Crippen molar-refractivity contribution in [1.29, 1.82) is 0 Å². The van der Waals surface area contributed by atoms with Gasteiger partial charge in [0, 0.05) is 5.57 Å². The van der Waals surface area contributed by atoms with Gasteiger partial charge in [0.25, 0.3) is 0 Å². The van der Waals surface area contributed by atoms with E-state index in [-0.39, 0.29) is 0 Å². The summed E-state index contributed by atoms with van der Waals surface area (Å²) in [6, 6.07) is 10.5. The number of hydrogen-bond donors (Lipinski definition) is 0. The third kappa shape index (κ3) is 5.33. The predicted molar refractivity (Wildman–Crippen MR) is 81.4 cm³/mol. The Balaban J connectivity index is 2.44. The SMILES string of the molecule is C=CCCCC[N+](C)(C)CC(=C)c1ccccc1. The Kier molecular flexibility index (Phi) is 5.87.